The molecular weight excluding hydrogens is 372 g/mol. The maximum atomic E-state index is 12.6. The van der Waals surface area contributed by atoms with Crippen LogP contribution in [-0.2, 0) is 10.0 Å². The number of nitro groups is 1. The number of anilines is 2. The molecule has 0 fully saturated rings. The summed E-state index contributed by atoms with van der Waals surface area (Å²) in [5.41, 5.74) is 1.25. The summed E-state index contributed by atoms with van der Waals surface area (Å²) in [5, 5.41) is 16.4. The van der Waals surface area contributed by atoms with Crippen molar-refractivity contribution in [3.8, 4) is 0 Å². The average Bonchev–Trinajstić information content (AvgIpc) is 2.53. The molecule has 0 aliphatic rings. The second-order valence-corrected chi connectivity index (χ2v) is 7.82. The molecule has 0 spiro atoms. The van der Waals surface area contributed by atoms with Crippen molar-refractivity contribution in [2.75, 3.05) is 5.32 Å². The van der Waals surface area contributed by atoms with E-state index in [1.54, 1.807) is 32.0 Å². The Kier molecular flexibility index (Phi) is 6.01. The topological polar surface area (TPSA) is 130 Å². The third-order valence-corrected chi connectivity index (χ3v) is 4.78. The number of hydrogen-bond acceptors (Lipinski definition) is 6. The van der Waals surface area contributed by atoms with Gasteiger partial charge in [-0.1, -0.05) is 12.1 Å². The van der Waals surface area contributed by atoms with E-state index in [4.69, 9.17) is 0 Å². The van der Waals surface area contributed by atoms with Crippen molar-refractivity contribution in [3.63, 3.8) is 0 Å². The molecule has 0 aliphatic carbocycles. The van der Waals surface area contributed by atoms with Crippen LogP contribution in [0.2, 0.25) is 0 Å². The molecule has 144 valence electrons. The molecule has 0 bridgehead atoms. The average molecular weight is 392 g/mol. The van der Waals surface area contributed by atoms with Gasteiger partial charge in [-0.2, -0.15) is 0 Å². The summed E-state index contributed by atoms with van der Waals surface area (Å²) in [7, 11) is -4.35. The minimum Gasteiger partial charge on any atom is -0.354 e. The standard InChI is InChI=1S/C17H20N4O5S/c1-11(2)18-17(22)20-27(25,26)16-10-14(21(23)24)7-8-15(16)19-13-6-4-5-12(3)9-13/h4-11,19H,1-3H3,(H2,18,20,22). The molecule has 0 heterocycles. The van der Waals surface area contributed by atoms with E-state index in [-0.39, 0.29) is 11.7 Å². The molecule has 9 nitrogen and oxygen atoms in total. The third-order valence-electron chi connectivity index (χ3n) is 3.41. The molecule has 0 aromatic heterocycles. The number of sulfonamides is 1. The molecule has 2 aromatic rings. The predicted molar refractivity (Wildman–Crippen MR) is 102 cm³/mol. The predicted octanol–water partition coefficient (Wildman–Crippen LogP) is 3.04. The first-order chi connectivity index (χ1) is 12.6. The highest BCUT2D eigenvalue weighted by Gasteiger charge is 2.25. The van der Waals surface area contributed by atoms with Gasteiger partial charge in [-0.05, 0) is 44.5 Å². The van der Waals surface area contributed by atoms with E-state index in [9.17, 15) is 23.3 Å². The first-order valence-corrected chi connectivity index (χ1v) is 9.52. The summed E-state index contributed by atoms with van der Waals surface area (Å²) in [5.74, 6) is 0. The van der Waals surface area contributed by atoms with Crippen LogP contribution < -0.4 is 15.4 Å². The molecule has 0 saturated carbocycles. The lowest BCUT2D eigenvalue weighted by molar-refractivity contribution is -0.385. The van der Waals surface area contributed by atoms with E-state index in [0.29, 0.717) is 5.69 Å². The summed E-state index contributed by atoms with van der Waals surface area (Å²) in [6, 6.07) is 9.35. The van der Waals surface area contributed by atoms with Crippen LogP contribution in [0.4, 0.5) is 21.9 Å². The molecular formula is C17H20N4O5S. The van der Waals surface area contributed by atoms with E-state index in [1.165, 1.54) is 12.1 Å². The number of benzene rings is 2. The van der Waals surface area contributed by atoms with Crippen LogP contribution in [0.5, 0.6) is 0 Å². The maximum Gasteiger partial charge on any atom is 0.328 e. The van der Waals surface area contributed by atoms with Gasteiger partial charge in [0.25, 0.3) is 15.7 Å². The first kappa shape index (κ1) is 20.2. The third kappa shape index (κ3) is 5.42. The number of aryl methyl sites for hydroxylation is 1. The van der Waals surface area contributed by atoms with Gasteiger partial charge in [-0.25, -0.2) is 17.9 Å². The monoisotopic (exact) mass is 392 g/mol. The van der Waals surface area contributed by atoms with Crippen molar-refractivity contribution in [1.82, 2.24) is 10.0 Å². The van der Waals surface area contributed by atoms with Crippen molar-refractivity contribution in [3.05, 3.63) is 58.1 Å². The van der Waals surface area contributed by atoms with Crippen molar-refractivity contribution in [2.45, 2.75) is 31.7 Å². The van der Waals surface area contributed by atoms with Crippen molar-refractivity contribution in [2.24, 2.45) is 0 Å². The molecule has 0 saturated heterocycles. The molecule has 2 rings (SSSR count). The van der Waals surface area contributed by atoms with Crippen molar-refractivity contribution >= 4 is 33.1 Å². The summed E-state index contributed by atoms with van der Waals surface area (Å²) >= 11 is 0. The number of hydrogen-bond donors (Lipinski definition) is 3. The molecule has 0 radical (unpaired) electrons. The lowest BCUT2D eigenvalue weighted by Gasteiger charge is -2.15. The van der Waals surface area contributed by atoms with Gasteiger partial charge in [0.1, 0.15) is 4.90 Å². The normalized spacial score (nSPS) is 11.1. The highest BCUT2D eigenvalue weighted by molar-refractivity contribution is 7.90. The number of amides is 2. The van der Waals surface area contributed by atoms with E-state index in [0.717, 1.165) is 11.6 Å². The zero-order valence-corrected chi connectivity index (χ0v) is 15.8. The second kappa shape index (κ2) is 8.04. The minimum atomic E-state index is -4.35. The smallest absolute Gasteiger partial charge is 0.328 e. The Bertz CT molecular complexity index is 973. The van der Waals surface area contributed by atoms with Crippen LogP contribution in [0.1, 0.15) is 19.4 Å². The Balaban J connectivity index is 2.46. The fraction of sp³-hybridized carbons (Fsp3) is 0.235. The highest BCUT2D eigenvalue weighted by atomic mass is 32.2. The number of urea groups is 1. The fourth-order valence-electron chi connectivity index (χ4n) is 2.30. The molecule has 3 N–H and O–H groups in total. The second-order valence-electron chi connectivity index (χ2n) is 6.17. The Labute approximate surface area is 157 Å². The maximum absolute atomic E-state index is 12.6. The zero-order chi connectivity index (χ0) is 20.2. The van der Waals surface area contributed by atoms with Gasteiger partial charge >= 0.3 is 6.03 Å². The number of rotatable bonds is 6. The van der Waals surface area contributed by atoms with E-state index >= 15 is 0 Å². The summed E-state index contributed by atoms with van der Waals surface area (Å²) in [6.45, 7) is 5.21. The number of nitro benzene ring substituents is 1. The largest absolute Gasteiger partial charge is 0.354 e. The number of carbonyl (C=O) groups is 1. The van der Waals surface area contributed by atoms with E-state index in [1.807, 2.05) is 17.7 Å². The Morgan fingerprint density at radius 3 is 2.44 bits per heavy atom. The van der Waals surface area contributed by atoms with Crippen LogP contribution in [0.25, 0.3) is 0 Å². The van der Waals surface area contributed by atoms with Crippen LogP contribution in [0.3, 0.4) is 0 Å². The number of carbonyl (C=O) groups excluding carboxylic acids is 1. The van der Waals surface area contributed by atoms with Gasteiger partial charge < -0.3 is 10.6 Å². The van der Waals surface area contributed by atoms with Gasteiger partial charge in [0.2, 0.25) is 0 Å². The van der Waals surface area contributed by atoms with Crippen molar-refractivity contribution in [1.29, 1.82) is 0 Å². The number of nitrogens with zero attached hydrogens (tertiary/aromatic N) is 1. The van der Waals surface area contributed by atoms with Crippen LogP contribution in [-0.4, -0.2) is 25.4 Å². The summed E-state index contributed by atoms with van der Waals surface area (Å²) in [6.07, 6.45) is 0. The van der Waals surface area contributed by atoms with Gasteiger partial charge in [0, 0.05) is 23.9 Å². The Morgan fingerprint density at radius 2 is 1.85 bits per heavy atom. The van der Waals surface area contributed by atoms with Crippen LogP contribution in [0, 0.1) is 17.0 Å². The van der Waals surface area contributed by atoms with Crippen LogP contribution in [0.15, 0.2) is 47.4 Å². The molecule has 2 aromatic carbocycles. The van der Waals surface area contributed by atoms with Gasteiger partial charge in [0.15, 0.2) is 0 Å². The highest BCUT2D eigenvalue weighted by Crippen LogP contribution is 2.29. The summed E-state index contributed by atoms with van der Waals surface area (Å²) in [4.78, 5) is 21.8. The van der Waals surface area contributed by atoms with Crippen molar-refractivity contribution < 1.29 is 18.1 Å². The van der Waals surface area contributed by atoms with Gasteiger partial charge in [-0.3, -0.25) is 10.1 Å². The van der Waals surface area contributed by atoms with Gasteiger partial charge in [0.05, 0.1) is 10.6 Å². The van der Waals surface area contributed by atoms with Crippen LogP contribution >= 0.6 is 0 Å². The summed E-state index contributed by atoms with van der Waals surface area (Å²) < 4.78 is 27.2. The number of non-ortho nitro benzene ring substituents is 1. The quantitative estimate of drug-likeness (QED) is 0.512. The molecule has 0 aliphatic heterocycles. The molecule has 10 heteroatoms. The molecule has 27 heavy (non-hydrogen) atoms. The van der Waals surface area contributed by atoms with E-state index < -0.39 is 31.6 Å². The fourth-order valence-corrected chi connectivity index (χ4v) is 3.39. The minimum absolute atomic E-state index is 0.107. The first-order valence-electron chi connectivity index (χ1n) is 8.04. The molecule has 0 atom stereocenters. The van der Waals surface area contributed by atoms with Gasteiger partial charge in [-0.15, -0.1) is 0 Å². The molecule has 2 amide bonds. The van der Waals surface area contributed by atoms with E-state index in [2.05, 4.69) is 10.6 Å². The Hall–Kier alpha value is -3.14. The Morgan fingerprint density at radius 1 is 1.15 bits per heavy atom. The SMILES string of the molecule is Cc1cccc(Nc2ccc([N+](=O)[O-])cc2S(=O)(=O)NC(=O)NC(C)C)c1. The zero-order valence-electron chi connectivity index (χ0n) is 15.0. The lowest BCUT2D eigenvalue weighted by Crippen LogP contribution is -2.42. The number of nitrogens with one attached hydrogen (secondary N) is 3. The lowest BCUT2D eigenvalue weighted by atomic mass is 10.2. The molecule has 0 unspecified atom stereocenters.